The van der Waals surface area contributed by atoms with E-state index >= 15 is 0 Å². The number of nitrogens with zero attached hydrogens (tertiary/aromatic N) is 2. The molecule has 0 aliphatic carbocycles. The van der Waals surface area contributed by atoms with E-state index in [0.717, 1.165) is 49.1 Å². The van der Waals surface area contributed by atoms with Crippen molar-refractivity contribution >= 4 is 29.9 Å². The van der Waals surface area contributed by atoms with Crippen molar-refractivity contribution in [3.05, 3.63) is 23.2 Å². The lowest BCUT2D eigenvalue weighted by atomic mass is 9.96. The quantitative estimate of drug-likeness (QED) is 0.288. The Hall–Kier alpha value is -0.800. The molecule has 2 atom stereocenters. The third-order valence-corrected chi connectivity index (χ3v) is 4.61. The van der Waals surface area contributed by atoms with Crippen LogP contribution in [0, 0.1) is 13.8 Å². The van der Waals surface area contributed by atoms with E-state index in [4.69, 9.17) is 4.42 Å². The summed E-state index contributed by atoms with van der Waals surface area (Å²) in [5, 5.41) is 17.4. The van der Waals surface area contributed by atoms with Gasteiger partial charge in [-0.15, -0.1) is 24.0 Å². The number of nitrogens with one attached hydrogen (secondary N) is 2. The van der Waals surface area contributed by atoms with Crippen molar-refractivity contribution in [3.8, 4) is 0 Å². The summed E-state index contributed by atoms with van der Waals surface area (Å²) in [6.45, 7) is 14.8. The van der Waals surface area contributed by atoms with Crippen LogP contribution in [0.15, 0.2) is 15.5 Å². The van der Waals surface area contributed by atoms with Crippen molar-refractivity contribution in [2.75, 3.05) is 33.2 Å². The van der Waals surface area contributed by atoms with E-state index in [1.165, 1.54) is 0 Å². The Morgan fingerprint density at radius 1 is 1.35 bits per heavy atom. The maximum Gasteiger partial charge on any atom is 0.191 e. The van der Waals surface area contributed by atoms with Gasteiger partial charge in [-0.3, -0.25) is 0 Å². The van der Waals surface area contributed by atoms with Crippen molar-refractivity contribution in [2.45, 2.75) is 59.6 Å². The summed E-state index contributed by atoms with van der Waals surface area (Å²) in [5.74, 6) is 2.26. The SMILES string of the molecule is CCNC(=NCC(C)(O)c1cc(C)oc1C)NCCN(C)C(C)CC.I. The second-order valence-electron chi connectivity index (χ2n) is 6.96. The molecular formula is C19H37IN4O2. The summed E-state index contributed by atoms with van der Waals surface area (Å²) >= 11 is 0. The normalized spacial score (nSPS) is 15.3. The standard InChI is InChI=1S/C19H36N4O2.HI/c1-8-14(3)23(7)11-10-21-18(20-9-2)22-13-19(6,24)17-12-15(4)25-16(17)5;/h12,14,24H,8-11,13H2,1-7H3,(H2,20,21,22);1H. The first-order chi connectivity index (χ1) is 11.7. The van der Waals surface area contributed by atoms with Crippen LogP contribution in [0.5, 0.6) is 0 Å². The van der Waals surface area contributed by atoms with Gasteiger partial charge in [0.05, 0.1) is 6.54 Å². The van der Waals surface area contributed by atoms with Crippen LogP contribution >= 0.6 is 24.0 Å². The molecule has 26 heavy (non-hydrogen) atoms. The number of aryl methyl sites for hydroxylation is 2. The number of likely N-dealkylation sites (N-methyl/N-ethyl adjacent to an activating group) is 1. The van der Waals surface area contributed by atoms with Crippen molar-refractivity contribution in [2.24, 2.45) is 4.99 Å². The lowest BCUT2D eigenvalue weighted by Gasteiger charge is -2.24. The second-order valence-corrected chi connectivity index (χ2v) is 6.96. The van der Waals surface area contributed by atoms with Crippen LogP contribution in [0.4, 0.5) is 0 Å². The van der Waals surface area contributed by atoms with Gasteiger partial charge in [-0.2, -0.15) is 0 Å². The summed E-state index contributed by atoms with van der Waals surface area (Å²) in [4.78, 5) is 6.88. The van der Waals surface area contributed by atoms with Gasteiger partial charge in [0.1, 0.15) is 17.1 Å². The summed E-state index contributed by atoms with van der Waals surface area (Å²) in [5.41, 5.74) is -0.265. The predicted molar refractivity (Wildman–Crippen MR) is 120 cm³/mol. The fourth-order valence-electron chi connectivity index (χ4n) is 2.71. The average molecular weight is 480 g/mol. The Labute approximate surface area is 175 Å². The van der Waals surface area contributed by atoms with E-state index < -0.39 is 5.60 Å². The van der Waals surface area contributed by atoms with Gasteiger partial charge in [0, 0.05) is 31.2 Å². The summed E-state index contributed by atoms with van der Waals surface area (Å²) in [6.07, 6.45) is 1.14. The average Bonchev–Trinajstić information content (AvgIpc) is 2.91. The van der Waals surface area contributed by atoms with Gasteiger partial charge in [0.15, 0.2) is 5.96 Å². The van der Waals surface area contributed by atoms with Crippen LogP contribution in [0.3, 0.4) is 0 Å². The molecule has 0 aliphatic rings. The molecule has 7 heteroatoms. The summed E-state index contributed by atoms with van der Waals surface area (Å²) in [6, 6.07) is 2.45. The molecule has 152 valence electrons. The lowest BCUT2D eigenvalue weighted by molar-refractivity contribution is 0.0657. The second kappa shape index (κ2) is 11.8. The molecule has 2 unspecified atom stereocenters. The zero-order valence-electron chi connectivity index (χ0n) is 17.3. The van der Waals surface area contributed by atoms with Crippen LogP contribution < -0.4 is 10.6 Å². The van der Waals surface area contributed by atoms with Crippen molar-refractivity contribution in [3.63, 3.8) is 0 Å². The maximum atomic E-state index is 10.8. The first kappa shape index (κ1) is 25.2. The van der Waals surface area contributed by atoms with Crippen LogP contribution in [0.25, 0.3) is 0 Å². The van der Waals surface area contributed by atoms with Crippen LogP contribution in [0.2, 0.25) is 0 Å². The molecule has 1 aromatic rings. The van der Waals surface area contributed by atoms with Gasteiger partial charge < -0.3 is 25.1 Å². The number of furan rings is 1. The van der Waals surface area contributed by atoms with Crippen molar-refractivity contribution in [1.29, 1.82) is 0 Å². The van der Waals surface area contributed by atoms with Gasteiger partial charge in [-0.25, -0.2) is 4.99 Å². The molecule has 0 fully saturated rings. The van der Waals surface area contributed by atoms with E-state index in [1.54, 1.807) is 6.92 Å². The van der Waals surface area contributed by atoms with E-state index in [9.17, 15) is 5.11 Å². The zero-order valence-corrected chi connectivity index (χ0v) is 19.7. The number of hydrogen-bond donors (Lipinski definition) is 3. The number of aliphatic imine (C=N–C) groups is 1. The van der Waals surface area contributed by atoms with E-state index in [1.807, 2.05) is 26.8 Å². The predicted octanol–water partition coefficient (Wildman–Crippen LogP) is 3.01. The molecule has 3 N–H and O–H groups in total. The molecule has 0 spiro atoms. The molecule has 6 nitrogen and oxygen atoms in total. The Kier molecular flexibility index (Phi) is 11.5. The highest BCUT2D eigenvalue weighted by molar-refractivity contribution is 14.0. The first-order valence-corrected chi connectivity index (χ1v) is 9.23. The molecule has 1 aromatic heterocycles. The highest BCUT2D eigenvalue weighted by Gasteiger charge is 2.27. The summed E-state index contributed by atoms with van der Waals surface area (Å²) < 4.78 is 5.53. The van der Waals surface area contributed by atoms with Crippen LogP contribution in [-0.2, 0) is 5.60 Å². The molecule has 0 saturated heterocycles. The van der Waals surface area contributed by atoms with Gasteiger partial charge in [-0.1, -0.05) is 6.92 Å². The lowest BCUT2D eigenvalue weighted by Crippen LogP contribution is -2.43. The maximum absolute atomic E-state index is 10.8. The highest BCUT2D eigenvalue weighted by Crippen LogP contribution is 2.27. The number of rotatable bonds is 9. The van der Waals surface area contributed by atoms with Gasteiger partial charge >= 0.3 is 0 Å². The minimum absolute atomic E-state index is 0. The van der Waals surface area contributed by atoms with Crippen LogP contribution in [-0.4, -0.2) is 55.2 Å². The number of aliphatic hydroxyl groups is 1. The topological polar surface area (TPSA) is 73.0 Å². The minimum Gasteiger partial charge on any atom is -0.466 e. The van der Waals surface area contributed by atoms with E-state index in [-0.39, 0.29) is 30.5 Å². The molecule has 0 radical (unpaired) electrons. The zero-order chi connectivity index (χ0) is 19.0. The Bertz CT molecular complexity index is 558. The molecule has 0 amide bonds. The first-order valence-electron chi connectivity index (χ1n) is 9.23. The van der Waals surface area contributed by atoms with Gasteiger partial charge in [0.2, 0.25) is 0 Å². The Morgan fingerprint density at radius 3 is 2.50 bits per heavy atom. The number of guanidine groups is 1. The van der Waals surface area contributed by atoms with Gasteiger partial charge in [-0.05, 0) is 54.2 Å². The van der Waals surface area contributed by atoms with Crippen LogP contribution in [0.1, 0.15) is 51.2 Å². The fraction of sp³-hybridized carbons (Fsp3) is 0.737. The highest BCUT2D eigenvalue weighted by atomic mass is 127. The minimum atomic E-state index is -1.06. The molecular weight excluding hydrogens is 443 g/mol. The molecule has 0 saturated carbocycles. The monoisotopic (exact) mass is 480 g/mol. The van der Waals surface area contributed by atoms with Crippen molar-refractivity contribution < 1.29 is 9.52 Å². The van der Waals surface area contributed by atoms with Gasteiger partial charge in [0.25, 0.3) is 0 Å². The van der Waals surface area contributed by atoms with E-state index in [2.05, 4.69) is 41.4 Å². The number of halogens is 1. The number of hydrogen-bond acceptors (Lipinski definition) is 4. The third-order valence-electron chi connectivity index (χ3n) is 4.61. The third kappa shape index (κ3) is 7.84. The summed E-state index contributed by atoms with van der Waals surface area (Å²) in [7, 11) is 2.13. The van der Waals surface area contributed by atoms with E-state index in [0.29, 0.717) is 6.04 Å². The van der Waals surface area contributed by atoms with Crippen molar-refractivity contribution in [1.82, 2.24) is 15.5 Å². The molecule has 0 aromatic carbocycles. The largest absolute Gasteiger partial charge is 0.466 e. The molecule has 1 rings (SSSR count). The Morgan fingerprint density at radius 2 is 2.00 bits per heavy atom. The Balaban J connectivity index is 0.00000625. The molecule has 0 bridgehead atoms. The molecule has 0 aliphatic heterocycles. The molecule has 1 heterocycles. The fourth-order valence-corrected chi connectivity index (χ4v) is 2.71. The smallest absolute Gasteiger partial charge is 0.191 e.